The Balaban J connectivity index is 1.76. The molecule has 0 amide bonds. The topological polar surface area (TPSA) is 89.6 Å². The Morgan fingerprint density at radius 2 is 1.81 bits per heavy atom. The number of ether oxygens (including phenoxy) is 1. The molecule has 0 saturated heterocycles. The third kappa shape index (κ3) is 2.57. The Hall–Kier alpha value is -3.67. The van der Waals surface area contributed by atoms with E-state index in [2.05, 4.69) is 4.98 Å². The van der Waals surface area contributed by atoms with Crippen LogP contribution in [0.5, 0.6) is 11.7 Å². The van der Waals surface area contributed by atoms with Gasteiger partial charge in [0.25, 0.3) is 0 Å². The second-order valence-corrected chi connectivity index (χ2v) is 5.80. The number of benzene rings is 2. The smallest absolute Gasteiger partial charge is 0.347 e. The molecule has 0 aliphatic carbocycles. The van der Waals surface area contributed by atoms with E-state index in [1.165, 1.54) is 6.08 Å². The van der Waals surface area contributed by atoms with Crippen molar-refractivity contribution in [2.24, 2.45) is 0 Å². The first-order valence-electron chi connectivity index (χ1n) is 7.88. The lowest BCUT2D eigenvalue weighted by Crippen LogP contribution is -2.25. The lowest BCUT2D eigenvalue weighted by molar-refractivity contribution is -0.130. The van der Waals surface area contributed by atoms with Gasteiger partial charge in [0, 0.05) is 5.56 Å². The maximum absolute atomic E-state index is 12.7. The molecule has 4 rings (SSSR count). The summed E-state index contributed by atoms with van der Waals surface area (Å²) < 4.78 is 10.5. The summed E-state index contributed by atoms with van der Waals surface area (Å²) in [4.78, 5) is 29.1. The number of hydrogen-bond acceptors (Lipinski definition) is 6. The van der Waals surface area contributed by atoms with E-state index in [0.717, 1.165) is 0 Å². The molecule has 0 spiro atoms. The van der Waals surface area contributed by atoms with Crippen LogP contribution in [0.4, 0.5) is 0 Å². The van der Waals surface area contributed by atoms with E-state index in [1.54, 1.807) is 49.4 Å². The zero-order chi connectivity index (χ0) is 18.3. The number of aryl methyl sites for hydroxylation is 1. The average molecular weight is 347 g/mol. The SMILES string of the molecule is Cc1cccc2c1OC(=O)/C(=C\c1nc(-c3ccccc3)oc1O)C2=O. The molecule has 0 radical (unpaired) electrons. The second-order valence-electron chi connectivity index (χ2n) is 5.80. The Labute approximate surface area is 148 Å². The van der Waals surface area contributed by atoms with Crippen LogP contribution >= 0.6 is 0 Å². The van der Waals surface area contributed by atoms with E-state index in [9.17, 15) is 14.7 Å². The molecule has 0 fully saturated rings. The number of aromatic nitrogens is 1. The van der Waals surface area contributed by atoms with Crippen molar-refractivity contribution in [2.75, 3.05) is 0 Å². The van der Waals surface area contributed by atoms with Crippen LogP contribution in [0.1, 0.15) is 21.6 Å². The predicted molar refractivity (Wildman–Crippen MR) is 92.7 cm³/mol. The third-order valence-electron chi connectivity index (χ3n) is 4.05. The number of carbonyl (C=O) groups excluding carboxylic acids is 2. The van der Waals surface area contributed by atoms with Gasteiger partial charge in [0.1, 0.15) is 17.0 Å². The molecular weight excluding hydrogens is 334 g/mol. The summed E-state index contributed by atoms with van der Waals surface area (Å²) in [5.41, 5.74) is 1.42. The van der Waals surface area contributed by atoms with Crippen molar-refractivity contribution >= 4 is 17.8 Å². The summed E-state index contributed by atoms with van der Waals surface area (Å²) in [7, 11) is 0. The highest BCUT2D eigenvalue weighted by Gasteiger charge is 2.32. The average Bonchev–Trinajstić information content (AvgIpc) is 3.01. The number of Topliss-reactive ketones (excluding diaryl/α,β-unsaturated/α-hetero) is 1. The number of esters is 1. The predicted octanol–water partition coefficient (Wildman–Crippen LogP) is 3.54. The van der Waals surface area contributed by atoms with E-state index in [1.807, 2.05) is 6.07 Å². The van der Waals surface area contributed by atoms with Crippen LogP contribution in [0, 0.1) is 6.92 Å². The molecule has 1 N–H and O–H groups in total. The summed E-state index contributed by atoms with van der Waals surface area (Å²) in [6.07, 6.45) is 1.18. The van der Waals surface area contributed by atoms with Gasteiger partial charge in [0.2, 0.25) is 11.7 Å². The molecule has 2 aromatic carbocycles. The van der Waals surface area contributed by atoms with Crippen LogP contribution < -0.4 is 4.74 Å². The number of ketones is 1. The molecule has 0 atom stereocenters. The van der Waals surface area contributed by atoms with Crippen molar-refractivity contribution in [3.05, 3.63) is 70.9 Å². The zero-order valence-electron chi connectivity index (χ0n) is 13.7. The lowest BCUT2D eigenvalue weighted by Gasteiger charge is -2.18. The zero-order valence-corrected chi connectivity index (χ0v) is 13.7. The number of para-hydroxylation sites is 1. The molecule has 26 heavy (non-hydrogen) atoms. The van der Waals surface area contributed by atoms with Gasteiger partial charge in [-0.1, -0.05) is 30.3 Å². The second kappa shape index (κ2) is 6.00. The molecule has 0 unspecified atom stereocenters. The molecule has 1 aliphatic rings. The maximum atomic E-state index is 12.7. The monoisotopic (exact) mass is 347 g/mol. The Bertz CT molecular complexity index is 1060. The van der Waals surface area contributed by atoms with E-state index >= 15 is 0 Å². The molecular formula is C20H13NO5. The largest absolute Gasteiger partial charge is 0.479 e. The van der Waals surface area contributed by atoms with Crippen molar-refractivity contribution in [1.82, 2.24) is 4.98 Å². The first-order chi connectivity index (χ1) is 12.5. The number of fused-ring (bicyclic) bond motifs is 1. The minimum Gasteiger partial charge on any atom is -0.479 e. The van der Waals surface area contributed by atoms with Gasteiger partial charge < -0.3 is 14.3 Å². The van der Waals surface area contributed by atoms with E-state index in [-0.39, 0.29) is 22.9 Å². The quantitative estimate of drug-likeness (QED) is 0.330. The van der Waals surface area contributed by atoms with Crippen LogP contribution in [0.25, 0.3) is 17.5 Å². The maximum Gasteiger partial charge on any atom is 0.347 e. The van der Waals surface area contributed by atoms with Crippen LogP contribution in [0.2, 0.25) is 0 Å². The molecule has 3 aromatic rings. The van der Waals surface area contributed by atoms with Gasteiger partial charge in [0.05, 0.1) is 5.56 Å². The minimum atomic E-state index is -0.791. The van der Waals surface area contributed by atoms with Crippen LogP contribution in [-0.2, 0) is 4.79 Å². The van der Waals surface area contributed by atoms with Crippen molar-refractivity contribution in [2.45, 2.75) is 6.92 Å². The minimum absolute atomic E-state index is 0.0137. The van der Waals surface area contributed by atoms with Gasteiger partial charge in [0.15, 0.2) is 0 Å². The molecule has 1 aromatic heterocycles. The summed E-state index contributed by atoms with van der Waals surface area (Å²) in [6.45, 7) is 1.75. The number of aromatic hydroxyl groups is 1. The molecule has 0 saturated carbocycles. The highest BCUT2D eigenvalue weighted by molar-refractivity contribution is 6.30. The lowest BCUT2D eigenvalue weighted by atomic mass is 9.97. The first kappa shape index (κ1) is 15.8. The van der Waals surface area contributed by atoms with E-state index < -0.39 is 17.7 Å². The van der Waals surface area contributed by atoms with Crippen molar-refractivity contribution < 1.29 is 23.8 Å². The van der Waals surface area contributed by atoms with Gasteiger partial charge in [-0.05, 0) is 36.8 Å². The van der Waals surface area contributed by atoms with Crippen molar-refractivity contribution in [3.8, 4) is 23.1 Å². The summed E-state index contributed by atoms with van der Waals surface area (Å²) in [5, 5.41) is 10.00. The molecule has 2 heterocycles. The summed E-state index contributed by atoms with van der Waals surface area (Å²) in [6, 6.07) is 14.0. The van der Waals surface area contributed by atoms with Crippen LogP contribution in [-0.4, -0.2) is 21.8 Å². The van der Waals surface area contributed by atoms with E-state index in [0.29, 0.717) is 16.7 Å². The molecule has 0 bridgehead atoms. The number of nitrogens with zero attached hydrogens (tertiary/aromatic N) is 1. The van der Waals surface area contributed by atoms with Gasteiger partial charge in [-0.2, -0.15) is 0 Å². The van der Waals surface area contributed by atoms with Gasteiger partial charge in [-0.15, -0.1) is 0 Å². The molecule has 6 nitrogen and oxygen atoms in total. The molecule has 6 heteroatoms. The Morgan fingerprint density at radius 1 is 1.04 bits per heavy atom. The van der Waals surface area contributed by atoms with Gasteiger partial charge in [-0.3, -0.25) is 4.79 Å². The first-order valence-corrected chi connectivity index (χ1v) is 7.88. The fourth-order valence-corrected chi connectivity index (χ4v) is 2.74. The Kier molecular flexibility index (Phi) is 3.65. The number of carbonyl (C=O) groups is 2. The van der Waals surface area contributed by atoms with Gasteiger partial charge >= 0.3 is 11.9 Å². The molecule has 128 valence electrons. The van der Waals surface area contributed by atoms with Crippen molar-refractivity contribution in [1.29, 1.82) is 0 Å². The number of oxazole rings is 1. The highest BCUT2D eigenvalue weighted by Crippen LogP contribution is 2.33. The fourth-order valence-electron chi connectivity index (χ4n) is 2.74. The summed E-state index contributed by atoms with van der Waals surface area (Å²) in [5.74, 6) is -1.31. The molecule has 1 aliphatic heterocycles. The number of hydrogen-bond donors (Lipinski definition) is 1. The normalized spacial score (nSPS) is 15.0. The standard InChI is InChI=1S/C20H13NO5/c1-11-6-5-9-13-16(22)14(19(23)25-17(11)13)10-15-20(24)26-18(21-15)12-7-3-2-4-8-12/h2-10,24H,1H3/b14-10-. The Morgan fingerprint density at radius 3 is 2.58 bits per heavy atom. The van der Waals surface area contributed by atoms with Crippen LogP contribution in [0.3, 0.4) is 0 Å². The van der Waals surface area contributed by atoms with Gasteiger partial charge in [-0.25, -0.2) is 9.78 Å². The third-order valence-corrected chi connectivity index (χ3v) is 4.05. The summed E-state index contributed by atoms with van der Waals surface area (Å²) >= 11 is 0. The number of rotatable bonds is 2. The van der Waals surface area contributed by atoms with Crippen LogP contribution in [0.15, 0.2) is 58.5 Å². The van der Waals surface area contributed by atoms with E-state index in [4.69, 9.17) is 9.15 Å². The highest BCUT2D eigenvalue weighted by atomic mass is 16.5. The fraction of sp³-hybridized carbons (Fsp3) is 0.0500. The van der Waals surface area contributed by atoms with Crippen molar-refractivity contribution in [3.63, 3.8) is 0 Å².